The summed E-state index contributed by atoms with van der Waals surface area (Å²) in [6.07, 6.45) is 1.43. The quantitative estimate of drug-likeness (QED) is 0.364. The molecule has 1 N–H and O–H groups in total. The van der Waals surface area contributed by atoms with Crippen molar-refractivity contribution in [3.63, 3.8) is 0 Å². The molecular formula is C12H12N4O5. The van der Waals surface area contributed by atoms with Gasteiger partial charge in [0.15, 0.2) is 0 Å². The van der Waals surface area contributed by atoms with E-state index in [1.54, 1.807) is 4.90 Å². The maximum Gasteiger partial charge on any atom is 0.299 e. The van der Waals surface area contributed by atoms with Crippen molar-refractivity contribution in [2.45, 2.75) is 0 Å². The Morgan fingerprint density at radius 2 is 1.90 bits per heavy atom. The molecule has 1 fully saturated rings. The first kappa shape index (κ1) is 14.4. The van der Waals surface area contributed by atoms with Gasteiger partial charge in [-0.25, -0.2) is 0 Å². The van der Waals surface area contributed by atoms with Crippen molar-refractivity contribution in [2.24, 2.45) is 0 Å². The fraction of sp³-hybridized carbons (Fsp3) is 0.250. The zero-order chi connectivity index (χ0) is 15.6. The van der Waals surface area contributed by atoms with Crippen molar-refractivity contribution >= 4 is 23.0 Å². The van der Waals surface area contributed by atoms with Gasteiger partial charge in [-0.3, -0.25) is 25.0 Å². The van der Waals surface area contributed by atoms with E-state index in [1.807, 2.05) is 0 Å². The molecule has 0 unspecified atom stereocenters. The number of carbonyl (C=O) groups is 1. The number of rotatable bonds is 6. The number of hydrogen-bond donors (Lipinski definition) is 1. The van der Waals surface area contributed by atoms with E-state index in [0.717, 1.165) is 6.07 Å². The molecule has 0 aliphatic carbocycles. The largest absolute Gasteiger partial charge is 0.362 e. The maximum atomic E-state index is 12.0. The molecule has 0 bridgehead atoms. The number of carbonyl (C=O) groups excluding carboxylic acids is 1. The minimum atomic E-state index is -0.804. The first-order valence-corrected chi connectivity index (χ1v) is 6.06. The van der Waals surface area contributed by atoms with Crippen LogP contribution < -0.4 is 10.2 Å². The molecule has 0 aromatic heterocycles. The molecule has 2 rings (SSSR count). The molecular weight excluding hydrogens is 280 g/mol. The Morgan fingerprint density at radius 1 is 1.29 bits per heavy atom. The lowest BCUT2D eigenvalue weighted by Gasteiger charge is -2.08. The van der Waals surface area contributed by atoms with Crippen molar-refractivity contribution < 1.29 is 14.6 Å². The summed E-state index contributed by atoms with van der Waals surface area (Å²) in [7, 11) is 0. The standard InChI is InChI=1S/C12H12N4O5/c1-2-3-13-12(17)8-6-10(14-4-5-14)11(16(20)21)7-9(8)15(18)19/h2,6-7H,1,3-5H2,(H,13,17). The highest BCUT2D eigenvalue weighted by Gasteiger charge is 2.33. The number of nitrogens with zero attached hydrogens (tertiary/aromatic N) is 3. The van der Waals surface area contributed by atoms with Crippen molar-refractivity contribution in [3.05, 3.63) is 50.6 Å². The van der Waals surface area contributed by atoms with Crippen LogP contribution in [0.5, 0.6) is 0 Å². The summed E-state index contributed by atoms with van der Waals surface area (Å²) in [6.45, 7) is 4.81. The molecule has 21 heavy (non-hydrogen) atoms. The van der Waals surface area contributed by atoms with Gasteiger partial charge in [0.25, 0.3) is 17.3 Å². The molecule has 1 amide bonds. The fourth-order valence-electron chi connectivity index (χ4n) is 1.85. The highest BCUT2D eigenvalue weighted by Crippen LogP contribution is 2.37. The molecule has 0 atom stereocenters. The molecule has 1 aliphatic heterocycles. The highest BCUT2D eigenvalue weighted by molar-refractivity contribution is 6.00. The van der Waals surface area contributed by atoms with E-state index in [-0.39, 0.29) is 23.5 Å². The summed E-state index contributed by atoms with van der Waals surface area (Å²) in [5.74, 6) is -0.667. The first-order chi connectivity index (χ1) is 9.95. The number of nitro benzene ring substituents is 2. The van der Waals surface area contributed by atoms with Crippen LogP contribution in [-0.2, 0) is 0 Å². The van der Waals surface area contributed by atoms with E-state index >= 15 is 0 Å². The van der Waals surface area contributed by atoms with Crippen LogP contribution in [-0.4, -0.2) is 35.4 Å². The second-order valence-corrected chi connectivity index (χ2v) is 4.36. The average molecular weight is 292 g/mol. The molecule has 0 spiro atoms. The van der Waals surface area contributed by atoms with Crippen LogP contribution >= 0.6 is 0 Å². The minimum absolute atomic E-state index is 0.145. The van der Waals surface area contributed by atoms with Gasteiger partial charge in [0, 0.05) is 19.6 Å². The lowest BCUT2D eigenvalue weighted by atomic mass is 10.1. The summed E-state index contributed by atoms with van der Waals surface area (Å²) in [6, 6.07) is 2.03. The Bertz CT molecular complexity index is 639. The molecule has 0 radical (unpaired) electrons. The molecule has 1 saturated heterocycles. The molecule has 0 saturated carbocycles. The normalized spacial score (nSPS) is 12.7. The molecule has 9 nitrogen and oxygen atoms in total. The molecule has 1 aliphatic rings. The monoisotopic (exact) mass is 292 g/mol. The van der Waals surface area contributed by atoms with E-state index in [0.29, 0.717) is 13.1 Å². The Morgan fingerprint density at radius 3 is 2.38 bits per heavy atom. The van der Waals surface area contributed by atoms with Crippen LogP contribution in [0.1, 0.15) is 10.4 Å². The summed E-state index contributed by atoms with van der Waals surface area (Å²) in [5.41, 5.74) is -0.947. The van der Waals surface area contributed by atoms with Gasteiger partial charge >= 0.3 is 0 Å². The zero-order valence-electron chi connectivity index (χ0n) is 10.9. The predicted octanol–water partition coefficient (Wildman–Crippen LogP) is 1.24. The van der Waals surface area contributed by atoms with Gasteiger partial charge in [-0.15, -0.1) is 6.58 Å². The first-order valence-electron chi connectivity index (χ1n) is 6.06. The predicted molar refractivity (Wildman–Crippen MR) is 74.5 cm³/mol. The van der Waals surface area contributed by atoms with E-state index in [4.69, 9.17) is 0 Å². The zero-order valence-corrected chi connectivity index (χ0v) is 10.9. The Labute approximate surface area is 119 Å². The van der Waals surface area contributed by atoms with Crippen LogP contribution in [0.15, 0.2) is 24.8 Å². The Balaban J connectivity index is 2.53. The molecule has 1 aromatic carbocycles. The molecule has 1 aromatic rings. The third-order valence-electron chi connectivity index (χ3n) is 2.93. The van der Waals surface area contributed by atoms with Crippen molar-refractivity contribution in [1.29, 1.82) is 0 Å². The van der Waals surface area contributed by atoms with Crippen molar-refractivity contribution in [2.75, 3.05) is 24.5 Å². The van der Waals surface area contributed by atoms with Crippen molar-refractivity contribution in [1.82, 2.24) is 5.32 Å². The second kappa shape index (κ2) is 5.57. The van der Waals surface area contributed by atoms with Crippen LogP contribution in [0.4, 0.5) is 17.1 Å². The van der Waals surface area contributed by atoms with E-state index in [9.17, 15) is 25.0 Å². The topological polar surface area (TPSA) is 118 Å². The minimum Gasteiger partial charge on any atom is -0.362 e. The summed E-state index contributed by atoms with van der Waals surface area (Å²) in [4.78, 5) is 34.2. The number of nitrogens with one attached hydrogen (secondary N) is 1. The van der Waals surface area contributed by atoms with Gasteiger partial charge < -0.3 is 10.2 Å². The van der Waals surface area contributed by atoms with Crippen molar-refractivity contribution in [3.8, 4) is 0 Å². The number of anilines is 1. The molecule has 1 heterocycles. The SMILES string of the molecule is C=CCNC(=O)c1cc(N2CC2)c([N+](=O)[O-])cc1[N+](=O)[O-]. The summed E-state index contributed by atoms with van der Waals surface area (Å²) in [5, 5.41) is 24.5. The van der Waals surface area contributed by atoms with Gasteiger partial charge in [-0.05, 0) is 6.07 Å². The number of nitro groups is 2. The highest BCUT2D eigenvalue weighted by atomic mass is 16.6. The smallest absolute Gasteiger partial charge is 0.299 e. The summed E-state index contributed by atoms with van der Waals surface area (Å²) < 4.78 is 0. The lowest BCUT2D eigenvalue weighted by Crippen LogP contribution is -2.24. The molecule has 9 heteroatoms. The van der Waals surface area contributed by atoms with Gasteiger partial charge in [0.1, 0.15) is 11.3 Å². The second-order valence-electron chi connectivity index (χ2n) is 4.36. The van der Waals surface area contributed by atoms with E-state index < -0.39 is 21.4 Å². The van der Waals surface area contributed by atoms with Gasteiger partial charge in [0.2, 0.25) is 0 Å². The Kier molecular flexibility index (Phi) is 3.83. The van der Waals surface area contributed by atoms with Crippen LogP contribution in [0.3, 0.4) is 0 Å². The third-order valence-corrected chi connectivity index (χ3v) is 2.93. The fourth-order valence-corrected chi connectivity index (χ4v) is 1.85. The average Bonchev–Trinajstić information content (AvgIpc) is 3.27. The number of hydrogen-bond acceptors (Lipinski definition) is 6. The van der Waals surface area contributed by atoms with Crippen LogP contribution in [0.2, 0.25) is 0 Å². The summed E-state index contributed by atoms with van der Waals surface area (Å²) >= 11 is 0. The van der Waals surface area contributed by atoms with E-state index in [1.165, 1.54) is 12.1 Å². The van der Waals surface area contributed by atoms with Crippen LogP contribution in [0, 0.1) is 20.2 Å². The van der Waals surface area contributed by atoms with Gasteiger partial charge in [0.05, 0.1) is 15.9 Å². The number of benzene rings is 1. The van der Waals surface area contributed by atoms with Gasteiger partial charge in [-0.2, -0.15) is 0 Å². The maximum absolute atomic E-state index is 12.0. The Hall–Kier alpha value is -2.97. The van der Waals surface area contributed by atoms with Gasteiger partial charge in [-0.1, -0.05) is 6.08 Å². The molecule has 110 valence electrons. The lowest BCUT2D eigenvalue weighted by molar-refractivity contribution is -0.393. The van der Waals surface area contributed by atoms with Crippen LogP contribution in [0.25, 0.3) is 0 Å². The van der Waals surface area contributed by atoms with E-state index in [2.05, 4.69) is 11.9 Å². The third kappa shape index (κ3) is 2.96. The number of amides is 1.